The van der Waals surface area contributed by atoms with Crippen LogP contribution in [-0.4, -0.2) is 75.7 Å². The molecule has 0 saturated carbocycles. The van der Waals surface area contributed by atoms with Crippen LogP contribution in [0.1, 0.15) is 9.67 Å². The van der Waals surface area contributed by atoms with Gasteiger partial charge in [-0.15, -0.1) is 11.3 Å². The molecule has 0 unspecified atom stereocenters. The Kier molecular flexibility index (Phi) is 10.7. The number of carbonyl (C=O) groups is 4. The highest BCUT2D eigenvalue weighted by atomic mass is 35.5. The fourth-order valence-electron chi connectivity index (χ4n) is 3.29. The largest absolute Gasteiger partial charge is 0.433 e. The van der Waals surface area contributed by atoms with Gasteiger partial charge in [-0.2, -0.15) is 8.78 Å². The monoisotopic (exact) mass is 595 g/mol. The van der Waals surface area contributed by atoms with E-state index in [9.17, 15) is 36.7 Å². The molecule has 1 aromatic heterocycles. The quantitative estimate of drug-likeness (QED) is 0.295. The van der Waals surface area contributed by atoms with Gasteiger partial charge in [-0.05, 0) is 24.3 Å². The summed E-state index contributed by atoms with van der Waals surface area (Å²) in [6, 6.07) is 3.90. The number of anilines is 2. The second-order valence-corrected chi connectivity index (χ2v) is 9.47. The van der Waals surface area contributed by atoms with Gasteiger partial charge in [0.1, 0.15) is 12.6 Å². The molecule has 212 valence electrons. The number of alkyl halides is 4. The Balaban J connectivity index is 1.78. The smallest absolute Gasteiger partial charge is 0.387 e. The third kappa shape index (κ3) is 8.97. The minimum Gasteiger partial charge on any atom is -0.433 e. The Labute approximate surface area is 227 Å². The molecular formula is C22H22ClF4N5O6S. The maximum absolute atomic E-state index is 13.1. The molecule has 11 nitrogen and oxygen atoms in total. The molecule has 0 bridgehead atoms. The molecule has 0 aliphatic carbocycles. The molecule has 1 aromatic carbocycles. The van der Waals surface area contributed by atoms with Crippen molar-refractivity contribution in [3.8, 4) is 5.75 Å². The van der Waals surface area contributed by atoms with E-state index in [0.717, 1.165) is 17.4 Å². The van der Waals surface area contributed by atoms with Crippen LogP contribution in [-0.2, 0) is 14.3 Å². The lowest BCUT2D eigenvalue weighted by atomic mass is 10.2. The lowest BCUT2D eigenvalue weighted by molar-refractivity contribution is -0.125. The molecule has 5 amide bonds. The molecule has 2 heterocycles. The predicted molar refractivity (Wildman–Crippen MR) is 133 cm³/mol. The summed E-state index contributed by atoms with van der Waals surface area (Å²) in [6.07, 6.45) is -2.86. The number of nitrogens with zero attached hydrogens (tertiary/aromatic N) is 1. The van der Waals surface area contributed by atoms with Gasteiger partial charge in [0.05, 0.1) is 28.1 Å². The van der Waals surface area contributed by atoms with Gasteiger partial charge in [-0.3, -0.25) is 14.4 Å². The number of rotatable bonds is 11. The molecule has 1 saturated heterocycles. The van der Waals surface area contributed by atoms with Crippen LogP contribution in [0.15, 0.2) is 30.3 Å². The first kappa shape index (κ1) is 29.9. The average molecular weight is 596 g/mol. The van der Waals surface area contributed by atoms with Crippen molar-refractivity contribution in [1.29, 1.82) is 0 Å². The Morgan fingerprint density at radius 1 is 1.10 bits per heavy atom. The highest BCUT2D eigenvalue weighted by Gasteiger charge is 2.26. The third-order valence-electron chi connectivity index (χ3n) is 5.04. The van der Waals surface area contributed by atoms with Gasteiger partial charge >= 0.3 is 12.6 Å². The van der Waals surface area contributed by atoms with Crippen LogP contribution in [0, 0.1) is 0 Å². The van der Waals surface area contributed by atoms with Crippen molar-refractivity contribution in [2.75, 3.05) is 43.1 Å². The van der Waals surface area contributed by atoms with Crippen molar-refractivity contribution in [2.45, 2.75) is 19.1 Å². The molecule has 17 heteroatoms. The van der Waals surface area contributed by atoms with E-state index in [1.165, 1.54) is 29.2 Å². The number of benzene rings is 1. The second kappa shape index (κ2) is 14.0. The molecule has 0 spiro atoms. The van der Waals surface area contributed by atoms with Crippen molar-refractivity contribution in [3.63, 3.8) is 0 Å². The van der Waals surface area contributed by atoms with Gasteiger partial charge in [0.15, 0.2) is 5.75 Å². The number of nitrogens with one attached hydrogen (secondary N) is 4. The van der Waals surface area contributed by atoms with E-state index in [2.05, 4.69) is 20.7 Å². The molecule has 3 rings (SSSR count). The van der Waals surface area contributed by atoms with E-state index in [1.807, 2.05) is 5.32 Å². The number of thiophene rings is 1. The first-order chi connectivity index (χ1) is 18.5. The van der Waals surface area contributed by atoms with Crippen LogP contribution in [0.25, 0.3) is 0 Å². The van der Waals surface area contributed by atoms with E-state index in [4.69, 9.17) is 16.3 Å². The number of hydrogen-bond acceptors (Lipinski definition) is 7. The Morgan fingerprint density at radius 2 is 1.87 bits per heavy atom. The van der Waals surface area contributed by atoms with Gasteiger partial charge in [-0.25, -0.2) is 13.6 Å². The number of morpholine rings is 1. The number of hydrogen-bond donors (Lipinski definition) is 4. The predicted octanol–water partition coefficient (Wildman–Crippen LogP) is 2.67. The molecule has 39 heavy (non-hydrogen) atoms. The Morgan fingerprint density at radius 3 is 2.51 bits per heavy atom. The zero-order valence-corrected chi connectivity index (χ0v) is 21.4. The van der Waals surface area contributed by atoms with Crippen LogP contribution in [0.3, 0.4) is 0 Å². The van der Waals surface area contributed by atoms with Crippen LogP contribution in [0.4, 0.5) is 33.7 Å². The fraction of sp³-hybridized carbons (Fsp3) is 0.364. The van der Waals surface area contributed by atoms with E-state index in [0.29, 0.717) is 4.34 Å². The van der Waals surface area contributed by atoms with Gasteiger partial charge < -0.3 is 35.6 Å². The third-order valence-corrected chi connectivity index (χ3v) is 6.27. The SMILES string of the molecule is O=C(NCC(F)F)N[C@@H](CNC(=O)c1ccc(Cl)s1)C(=O)Nc1ccc(N2CCOCC2=O)cc1OC(F)F. The molecule has 2 aromatic rings. The number of urea groups is 1. The Bertz CT molecular complexity index is 1200. The molecule has 4 N–H and O–H groups in total. The number of carbonyl (C=O) groups excluding carboxylic acids is 4. The van der Waals surface area contributed by atoms with Gasteiger partial charge in [-0.1, -0.05) is 11.6 Å². The Hall–Kier alpha value is -3.63. The van der Waals surface area contributed by atoms with Crippen LogP contribution < -0.4 is 30.9 Å². The maximum atomic E-state index is 13.1. The summed E-state index contributed by atoms with van der Waals surface area (Å²) < 4.78 is 61.1. The normalized spacial score (nSPS) is 14.2. The van der Waals surface area contributed by atoms with Gasteiger partial charge in [0.25, 0.3) is 18.2 Å². The minimum atomic E-state index is -3.29. The highest BCUT2D eigenvalue weighted by Crippen LogP contribution is 2.32. The topological polar surface area (TPSA) is 138 Å². The molecule has 1 atom stereocenters. The fourth-order valence-corrected chi connectivity index (χ4v) is 4.25. The summed E-state index contributed by atoms with van der Waals surface area (Å²) in [5.41, 5.74) is -0.0409. The van der Waals surface area contributed by atoms with E-state index in [-0.39, 0.29) is 36.0 Å². The highest BCUT2D eigenvalue weighted by molar-refractivity contribution is 7.18. The summed E-state index contributed by atoms with van der Waals surface area (Å²) in [6.45, 7) is -4.62. The van der Waals surface area contributed by atoms with Crippen molar-refractivity contribution in [2.24, 2.45) is 0 Å². The van der Waals surface area contributed by atoms with E-state index in [1.54, 1.807) is 0 Å². The van der Waals surface area contributed by atoms with Gasteiger partial charge in [0, 0.05) is 24.8 Å². The van der Waals surface area contributed by atoms with Crippen molar-refractivity contribution in [1.82, 2.24) is 16.0 Å². The first-order valence-corrected chi connectivity index (χ1v) is 12.4. The number of halogens is 5. The summed E-state index contributed by atoms with van der Waals surface area (Å²) in [5, 5.41) is 8.72. The molecule has 1 aliphatic rings. The van der Waals surface area contributed by atoms with Crippen molar-refractivity contribution in [3.05, 3.63) is 39.5 Å². The summed E-state index contributed by atoms with van der Waals surface area (Å²) in [5.74, 6) is -2.54. The number of amides is 5. The zero-order chi connectivity index (χ0) is 28.5. The molecule has 1 fully saturated rings. The van der Waals surface area contributed by atoms with Crippen LogP contribution in [0.2, 0.25) is 4.34 Å². The van der Waals surface area contributed by atoms with E-state index < -0.39 is 61.7 Å². The maximum Gasteiger partial charge on any atom is 0.387 e. The number of ether oxygens (including phenoxy) is 2. The van der Waals surface area contributed by atoms with E-state index >= 15 is 0 Å². The molecule has 1 aliphatic heterocycles. The first-order valence-electron chi connectivity index (χ1n) is 11.2. The summed E-state index contributed by atoms with van der Waals surface area (Å²) >= 11 is 6.76. The lowest BCUT2D eigenvalue weighted by Gasteiger charge is -2.27. The average Bonchev–Trinajstić information content (AvgIpc) is 3.32. The second-order valence-electron chi connectivity index (χ2n) is 7.76. The summed E-state index contributed by atoms with van der Waals surface area (Å²) in [7, 11) is 0. The minimum absolute atomic E-state index is 0.160. The zero-order valence-electron chi connectivity index (χ0n) is 19.8. The molecule has 0 radical (unpaired) electrons. The standard InChI is InChI=1S/C22H22ClF4N5O6S/c23-16-4-3-15(39-16)20(35)28-8-13(31-22(36)29-9-17(24)25)19(34)30-12-2-1-11(7-14(12)38-21(26)27)32-5-6-37-10-18(32)33/h1-4,7,13,17,21H,5-6,8-10H2,(H,28,35)(H,30,34)(H2,29,31,36)/t13-/m0/s1. The van der Waals surface area contributed by atoms with Crippen LogP contribution >= 0.6 is 22.9 Å². The molecular weight excluding hydrogens is 574 g/mol. The van der Waals surface area contributed by atoms with Crippen LogP contribution in [0.5, 0.6) is 5.75 Å². The van der Waals surface area contributed by atoms with Crippen molar-refractivity contribution < 1.29 is 46.2 Å². The van der Waals surface area contributed by atoms with Gasteiger partial charge in [0.2, 0.25) is 5.91 Å². The summed E-state index contributed by atoms with van der Waals surface area (Å²) in [4.78, 5) is 51.1. The van der Waals surface area contributed by atoms with Crippen molar-refractivity contribution >= 4 is 58.1 Å². The lowest BCUT2D eigenvalue weighted by Crippen LogP contribution is -2.53.